The van der Waals surface area contributed by atoms with E-state index in [-0.39, 0.29) is 6.42 Å². The molecule has 1 aliphatic rings. The second-order valence-corrected chi connectivity index (χ2v) is 11.2. The van der Waals surface area contributed by atoms with Gasteiger partial charge in [0.1, 0.15) is 18.3 Å². The van der Waals surface area contributed by atoms with E-state index in [1.807, 2.05) is 0 Å². The number of aliphatic hydroxyl groups is 3. The van der Waals surface area contributed by atoms with Gasteiger partial charge in [-0.3, -0.25) is 14.4 Å². The maximum absolute atomic E-state index is 12.8. The van der Waals surface area contributed by atoms with Crippen LogP contribution in [-0.2, 0) is 23.9 Å². The van der Waals surface area contributed by atoms with Crippen LogP contribution in [-0.4, -0.2) is 69.9 Å². The van der Waals surface area contributed by atoms with Gasteiger partial charge in [-0.25, -0.2) is 0 Å². The number of unbranched alkanes of at least 4 members (excludes halogenated alkanes) is 5. The molecule has 208 valence electrons. The standard InChI is InChI=1S/C27H46O9/c1-26(2,24(32)33)15-13-11-9-7-6-8-10-12-14-16-27(3,4)25(34)36-19-17-18(23(31)35-5)20(28)22(30)21(19)29/h6,8,18-22,28-30H,7,9-17H2,1-5H3,(H,32,33)/b8-6+/t18-,19?,20+,21-,22-/m1/s1. The quantitative estimate of drug-likeness (QED) is 0.146. The number of carbonyl (C=O) groups excluding carboxylic acids is 2. The molecule has 0 aromatic rings. The Hall–Kier alpha value is -1.97. The molecule has 1 saturated carbocycles. The number of methoxy groups -OCH3 is 1. The lowest BCUT2D eigenvalue weighted by Crippen LogP contribution is -2.57. The van der Waals surface area contributed by atoms with Crippen LogP contribution < -0.4 is 0 Å². The Morgan fingerprint density at radius 2 is 1.33 bits per heavy atom. The van der Waals surface area contributed by atoms with Crippen LogP contribution in [0.4, 0.5) is 0 Å². The van der Waals surface area contributed by atoms with Crippen LogP contribution in [0.3, 0.4) is 0 Å². The molecule has 0 aromatic carbocycles. The van der Waals surface area contributed by atoms with Gasteiger partial charge in [-0.15, -0.1) is 0 Å². The van der Waals surface area contributed by atoms with Gasteiger partial charge in [-0.05, 0) is 66.2 Å². The first-order chi connectivity index (χ1) is 16.7. The number of allylic oxidation sites excluding steroid dienone is 2. The number of hydrogen-bond acceptors (Lipinski definition) is 8. The Balaban J connectivity index is 2.33. The zero-order valence-corrected chi connectivity index (χ0v) is 22.4. The third-order valence-corrected chi connectivity index (χ3v) is 7.13. The van der Waals surface area contributed by atoms with Gasteiger partial charge in [-0.2, -0.15) is 0 Å². The number of esters is 2. The molecule has 0 aliphatic heterocycles. The predicted octanol–water partition coefficient (Wildman–Crippen LogP) is 3.38. The molecule has 0 heterocycles. The van der Waals surface area contributed by atoms with Crippen molar-refractivity contribution < 1.29 is 44.3 Å². The van der Waals surface area contributed by atoms with Gasteiger partial charge in [0.15, 0.2) is 0 Å². The molecule has 1 unspecified atom stereocenters. The van der Waals surface area contributed by atoms with Gasteiger partial charge in [0, 0.05) is 6.42 Å². The number of carboxylic acid groups (broad SMARTS) is 1. The zero-order chi connectivity index (χ0) is 27.5. The van der Waals surface area contributed by atoms with E-state index in [1.54, 1.807) is 27.7 Å². The second-order valence-electron chi connectivity index (χ2n) is 11.2. The van der Waals surface area contributed by atoms with Crippen molar-refractivity contribution in [2.24, 2.45) is 16.7 Å². The van der Waals surface area contributed by atoms with Crippen LogP contribution in [0.2, 0.25) is 0 Å². The molecule has 1 aliphatic carbocycles. The van der Waals surface area contributed by atoms with Crippen molar-refractivity contribution in [1.82, 2.24) is 0 Å². The molecular formula is C27H46O9. The van der Waals surface area contributed by atoms with Crippen LogP contribution >= 0.6 is 0 Å². The number of carboxylic acids is 1. The van der Waals surface area contributed by atoms with Crippen molar-refractivity contribution in [2.45, 2.75) is 116 Å². The van der Waals surface area contributed by atoms with Gasteiger partial charge in [0.05, 0.1) is 30.0 Å². The minimum Gasteiger partial charge on any atom is -0.481 e. The topological polar surface area (TPSA) is 151 Å². The molecule has 1 fully saturated rings. The Morgan fingerprint density at radius 3 is 1.89 bits per heavy atom. The van der Waals surface area contributed by atoms with E-state index in [2.05, 4.69) is 16.9 Å². The molecule has 0 amide bonds. The minimum absolute atomic E-state index is 0.129. The van der Waals surface area contributed by atoms with Crippen molar-refractivity contribution >= 4 is 17.9 Å². The first kappa shape index (κ1) is 32.1. The number of aliphatic hydroxyl groups excluding tert-OH is 3. The summed E-state index contributed by atoms with van der Waals surface area (Å²) in [6, 6.07) is 0. The first-order valence-corrected chi connectivity index (χ1v) is 13.0. The van der Waals surface area contributed by atoms with Crippen molar-refractivity contribution in [3.63, 3.8) is 0 Å². The van der Waals surface area contributed by atoms with Gasteiger partial charge < -0.3 is 29.9 Å². The molecule has 0 spiro atoms. The summed E-state index contributed by atoms with van der Waals surface area (Å²) in [5, 5.41) is 39.5. The van der Waals surface area contributed by atoms with Crippen molar-refractivity contribution in [1.29, 1.82) is 0 Å². The average Bonchev–Trinajstić information content (AvgIpc) is 2.81. The lowest BCUT2D eigenvalue weighted by atomic mass is 9.80. The fourth-order valence-electron chi connectivity index (χ4n) is 4.27. The molecule has 5 atom stereocenters. The fourth-order valence-corrected chi connectivity index (χ4v) is 4.27. The summed E-state index contributed by atoms with van der Waals surface area (Å²) in [4.78, 5) is 35.8. The summed E-state index contributed by atoms with van der Waals surface area (Å²) in [5.74, 6) is -3.10. The van der Waals surface area contributed by atoms with E-state index in [0.717, 1.165) is 52.1 Å². The number of aliphatic carboxylic acids is 1. The Labute approximate surface area is 214 Å². The zero-order valence-electron chi connectivity index (χ0n) is 22.4. The second kappa shape index (κ2) is 14.7. The number of ether oxygens (including phenoxy) is 2. The minimum atomic E-state index is -1.62. The lowest BCUT2D eigenvalue weighted by Gasteiger charge is -2.39. The highest BCUT2D eigenvalue weighted by Crippen LogP contribution is 2.32. The molecule has 0 aromatic heterocycles. The summed E-state index contributed by atoms with van der Waals surface area (Å²) in [7, 11) is 1.16. The number of rotatable bonds is 15. The first-order valence-electron chi connectivity index (χ1n) is 13.0. The van der Waals surface area contributed by atoms with E-state index in [0.29, 0.717) is 12.8 Å². The Kier molecular flexibility index (Phi) is 13.1. The van der Waals surface area contributed by atoms with Crippen molar-refractivity contribution in [3.8, 4) is 0 Å². The molecule has 0 radical (unpaired) electrons. The average molecular weight is 515 g/mol. The normalized spacial score (nSPS) is 25.1. The maximum Gasteiger partial charge on any atom is 0.311 e. The summed E-state index contributed by atoms with van der Waals surface area (Å²) >= 11 is 0. The third kappa shape index (κ3) is 9.82. The molecular weight excluding hydrogens is 468 g/mol. The van der Waals surface area contributed by atoms with Crippen LogP contribution in [0.15, 0.2) is 12.2 Å². The smallest absolute Gasteiger partial charge is 0.311 e. The van der Waals surface area contributed by atoms with Gasteiger partial charge >= 0.3 is 17.9 Å². The maximum atomic E-state index is 12.8. The van der Waals surface area contributed by atoms with Crippen LogP contribution in [0.1, 0.15) is 91.9 Å². The third-order valence-electron chi connectivity index (χ3n) is 7.13. The van der Waals surface area contributed by atoms with Gasteiger partial charge in [0.25, 0.3) is 0 Å². The highest BCUT2D eigenvalue weighted by molar-refractivity contribution is 5.76. The van der Waals surface area contributed by atoms with E-state index >= 15 is 0 Å². The van der Waals surface area contributed by atoms with Crippen molar-refractivity contribution in [2.75, 3.05) is 7.11 Å². The Bertz CT molecular complexity index is 744. The SMILES string of the molecule is COC(=O)[C@@H]1CC(OC(=O)C(C)(C)CCCC/C=C/CCCCCC(C)(C)C(=O)O)[C@@H](O)[C@H](O)[C@H]1O. The van der Waals surface area contributed by atoms with E-state index in [1.165, 1.54) is 0 Å². The van der Waals surface area contributed by atoms with Crippen molar-refractivity contribution in [3.05, 3.63) is 12.2 Å². The Morgan fingerprint density at radius 1 is 0.806 bits per heavy atom. The summed E-state index contributed by atoms with van der Waals surface area (Å²) in [6.45, 7) is 7.03. The number of hydrogen-bond donors (Lipinski definition) is 4. The summed E-state index contributed by atoms with van der Waals surface area (Å²) < 4.78 is 10.1. The van der Waals surface area contributed by atoms with Crippen LogP contribution in [0.5, 0.6) is 0 Å². The number of carbonyl (C=O) groups is 3. The molecule has 1 rings (SSSR count). The van der Waals surface area contributed by atoms with E-state index in [4.69, 9.17) is 9.84 Å². The molecule has 9 heteroatoms. The summed E-state index contributed by atoms with van der Waals surface area (Å²) in [5.41, 5.74) is -1.48. The molecule has 36 heavy (non-hydrogen) atoms. The van der Waals surface area contributed by atoms with Gasteiger partial charge in [0.2, 0.25) is 0 Å². The molecule has 0 saturated heterocycles. The predicted molar refractivity (Wildman–Crippen MR) is 134 cm³/mol. The monoisotopic (exact) mass is 514 g/mol. The van der Waals surface area contributed by atoms with Crippen LogP contribution in [0.25, 0.3) is 0 Å². The highest BCUT2D eigenvalue weighted by Gasteiger charge is 2.48. The highest BCUT2D eigenvalue weighted by atomic mass is 16.6. The molecule has 4 N–H and O–H groups in total. The van der Waals surface area contributed by atoms with E-state index in [9.17, 15) is 29.7 Å². The molecule has 0 bridgehead atoms. The van der Waals surface area contributed by atoms with E-state index < -0.39 is 59.1 Å². The molecule has 9 nitrogen and oxygen atoms in total. The largest absolute Gasteiger partial charge is 0.481 e. The summed E-state index contributed by atoms with van der Waals surface area (Å²) in [6.07, 6.45) is 6.17. The fraction of sp³-hybridized carbons (Fsp3) is 0.815. The lowest BCUT2D eigenvalue weighted by molar-refractivity contribution is -0.199. The van der Waals surface area contributed by atoms with Gasteiger partial charge in [-0.1, -0.05) is 31.4 Å². The van der Waals surface area contributed by atoms with Crippen LogP contribution in [0, 0.1) is 16.7 Å².